The number of fused-ring (bicyclic) bond motifs is 3. The molecule has 1 aliphatic heterocycles. The highest BCUT2D eigenvalue weighted by Crippen LogP contribution is 2.30. The first-order valence-electron chi connectivity index (χ1n) is 7.03. The molecule has 0 aliphatic carbocycles. The number of nitrogens with one attached hydrogen (secondary N) is 1. The molecule has 0 unspecified atom stereocenters. The van der Waals surface area contributed by atoms with Crippen molar-refractivity contribution in [2.45, 2.75) is 6.54 Å². The van der Waals surface area contributed by atoms with Gasteiger partial charge in [0.15, 0.2) is 0 Å². The predicted molar refractivity (Wildman–Crippen MR) is 84.3 cm³/mol. The molecule has 3 aromatic rings. The van der Waals surface area contributed by atoms with E-state index >= 15 is 0 Å². The van der Waals surface area contributed by atoms with Gasteiger partial charge in [-0.25, -0.2) is 0 Å². The lowest BCUT2D eigenvalue weighted by Crippen LogP contribution is -2.05. The summed E-state index contributed by atoms with van der Waals surface area (Å²) >= 11 is 0. The molecule has 0 saturated heterocycles. The van der Waals surface area contributed by atoms with E-state index in [0.717, 1.165) is 22.5 Å². The largest absolute Gasteiger partial charge is 0.278 e. The third-order valence-electron chi connectivity index (χ3n) is 3.77. The first kappa shape index (κ1) is 13.3. The fraction of sp³-hybridized carbons (Fsp3) is 0.0625. The second-order valence-electron chi connectivity index (χ2n) is 5.14. The fourth-order valence-corrected chi connectivity index (χ4v) is 2.73. The van der Waals surface area contributed by atoms with Crippen molar-refractivity contribution in [3.8, 4) is 11.3 Å². The standard InChI is InChI=1S/C16H11N5O2/c22-21(23)11-5-3-4-10(8-11)15-12-6-1-2-7-13(12)16-14(9-17-15)18-20-19-16/h1-8H,9H2,(H,18,19,20). The molecule has 0 spiro atoms. The zero-order valence-corrected chi connectivity index (χ0v) is 11.9. The second-order valence-corrected chi connectivity index (χ2v) is 5.14. The number of nitrogens with zero attached hydrogens (tertiary/aromatic N) is 4. The first-order valence-corrected chi connectivity index (χ1v) is 7.03. The van der Waals surface area contributed by atoms with Gasteiger partial charge >= 0.3 is 0 Å². The van der Waals surface area contributed by atoms with Gasteiger partial charge in [-0.2, -0.15) is 15.4 Å². The monoisotopic (exact) mass is 305 g/mol. The molecular formula is C16H11N5O2. The molecule has 0 bridgehead atoms. The van der Waals surface area contributed by atoms with E-state index in [4.69, 9.17) is 0 Å². The number of nitro benzene ring substituents is 1. The Morgan fingerprint density at radius 2 is 1.87 bits per heavy atom. The molecule has 0 fully saturated rings. The lowest BCUT2D eigenvalue weighted by molar-refractivity contribution is -0.384. The molecule has 4 rings (SSSR count). The van der Waals surface area contributed by atoms with Gasteiger partial charge in [0, 0.05) is 28.8 Å². The Morgan fingerprint density at radius 3 is 2.70 bits per heavy atom. The molecule has 0 radical (unpaired) electrons. The van der Waals surface area contributed by atoms with Crippen molar-refractivity contribution in [3.05, 3.63) is 75.5 Å². The lowest BCUT2D eigenvalue weighted by Gasteiger charge is -2.09. The quantitative estimate of drug-likeness (QED) is 0.581. The summed E-state index contributed by atoms with van der Waals surface area (Å²) in [5.74, 6) is 0. The Balaban J connectivity index is 1.92. The summed E-state index contributed by atoms with van der Waals surface area (Å²) in [6, 6.07) is 14.2. The van der Waals surface area contributed by atoms with E-state index in [9.17, 15) is 10.1 Å². The molecule has 7 heteroatoms. The molecule has 2 aromatic carbocycles. The smallest absolute Gasteiger partial charge is 0.270 e. The van der Waals surface area contributed by atoms with Crippen molar-refractivity contribution in [1.29, 1.82) is 0 Å². The van der Waals surface area contributed by atoms with Gasteiger partial charge in [0.1, 0.15) is 11.4 Å². The van der Waals surface area contributed by atoms with E-state index in [0.29, 0.717) is 17.8 Å². The highest BCUT2D eigenvalue weighted by molar-refractivity contribution is 6.16. The van der Waals surface area contributed by atoms with Crippen LogP contribution in [0.5, 0.6) is 0 Å². The molecule has 0 saturated carbocycles. The van der Waals surface area contributed by atoms with Crippen molar-refractivity contribution < 1.29 is 4.92 Å². The summed E-state index contributed by atoms with van der Waals surface area (Å²) < 4.78 is 0. The number of benzene rings is 2. The highest BCUT2D eigenvalue weighted by Gasteiger charge is 2.22. The third-order valence-corrected chi connectivity index (χ3v) is 3.77. The van der Waals surface area contributed by atoms with Crippen LogP contribution in [0.3, 0.4) is 0 Å². The van der Waals surface area contributed by atoms with Crippen molar-refractivity contribution in [1.82, 2.24) is 15.4 Å². The molecule has 1 aromatic heterocycles. The van der Waals surface area contributed by atoms with E-state index < -0.39 is 4.92 Å². The SMILES string of the molecule is O=[N+]([O-])c1cccc(C2=NCc3n[nH]nc3-c3ccccc32)c1. The third kappa shape index (κ3) is 2.18. The van der Waals surface area contributed by atoms with E-state index in [-0.39, 0.29) is 5.69 Å². The first-order chi connectivity index (χ1) is 11.2. The Bertz CT molecular complexity index is 945. The van der Waals surface area contributed by atoms with Crippen LogP contribution in [0.25, 0.3) is 11.3 Å². The molecule has 2 heterocycles. The van der Waals surface area contributed by atoms with Gasteiger partial charge in [-0.15, -0.1) is 0 Å². The minimum atomic E-state index is -0.403. The summed E-state index contributed by atoms with van der Waals surface area (Å²) in [5.41, 5.74) is 4.80. The van der Waals surface area contributed by atoms with Crippen molar-refractivity contribution >= 4 is 11.4 Å². The molecule has 112 valence electrons. The van der Waals surface area contributed by atoms with E-state index in [1.165, 1.54) is 6.07 Å². The maximum absolute atomic E-state index is 11.0. The van der Waals surface area contributed by atoms with E-state index in [2.05, 4.69) is 20.4 Å². The number of non-ortho nitro benzene ring substituents is 1. The number of aromatic nitrogens is 3. The van der Waals surface area contributed by atoms with Crippen LogP contribution in [0, 0.1) is 10.1 Å². The van der Waals surface area contributed by atoms with Gasteiger partial charge in [-0.1, -0.05) is 36.4 Å². The molecule has 1 aliphatic rings. The summed E-state index contributed by atoms with van der Waals surface area (Å²) in [4.78, 5) is 15.2. The van der Waals surface area contributed by atoms with Crippen LogP contribution < -0.4 is 0 Å². The van der Waals surface area contributed by atoms with Crippen molar-refractivity contribution in [2.75, 3.05) is 0 Å². The number of hydrogen-bond donors (Lipinski definition) is 1. The van der Waals surface area contributed by atoms with Gasteiger partial charge in [-0.05, 0) is 0 Å². The zero-order valence-electron chi connectivity index (χ0n) is 11.9. The molecule has 7 nitrogen and oxygen atoms in total. The topological polar surface area (TPSA) is 97.1 Å². The van der Waals surface area contributed by atoms with Gasteiger partial charge in [-0.3, -0.25) is 15.1 Å². The number of aliphatic imine (C=N–C) groups is 1. The Labute approximate surface area is 130 Å². The summed E-state index contributed by atoms with van der Waals surface area (Å²) in [6.07, 6.45) is 0. The van der Waals surface area contributed by atoms with Crippen molar-refractivity contribution in [3.63, 3.8) is 0 Å². The van der Waals surface area contributed by atoms with Crippen LogP contribution in [0.1, 0.15) is 16.8 Å². The minimum absolute atomic E-state index is 0.0449. The van der Waals surface area contributed by atoms with Gasteiger partial charge < -0.3 is 0 Å². The Kier molecular flexibility index (Phi) is 2.97. The number of nitro groups is 1. The normalized spacial score (nSPS) is 12.8. The molecule has 1 N–H and O–H groups in total. The molecule has 23 heavy (non-hydrogen) atoms. The summed E-state index contributed by atoms with van der Waals surface area (Å²) in [5, 5.41) is 22.0. The maximum Gasteiger partial charge on any atom is 0.270 e. The molecule has 0 amide bonds. The van der Waals surface area contributed by atoms with Gasteiger partial charge in [0.25, 0.3) is 5.69 Å². The number of hydrogen-bond acceptors (Lipinski definition) is 5. The molecule has 0 atom stereocenters. The van der Waals surface area contributed by atoms with Crippen LogP contribution in [-0.4, -0.2) is 26.0 Å². The lowest BCUT2D eigenvalue weighted by atomic mass is 9.96. The summed E-state index contributed by atoms with van der Waals surface area (Å²) in [7, 11) is 0. The predicted octanol–water partition coefficient (Wildman–Crippen LogP) is 2.73. The number of H-pyrrole nitrogens is 1. The highest BCUT2D eigenvalue weighted by atomic mass is 16.6. The zero-order chi connectivity index (χ0) is 15.8. The van der Waals surface area contributed by atoms with Crippen LogP contribution in [0.2, 0.25) is 0 Å². The van der Waals surface area contributed by atoms with Gasteiger partial charge in [0.2, 0.25) is 0 Å². The van der Waals surface area contributed by atoms with Crippen LogP contribution >= 0.6 is 0 Å². The van der Waals surface area contributed by atoms with Crippen LogP contribution in [0.4, 0.5) is 5.69 Å². The Hall–Kier alpha value is -3.35. The van der Waals surface area contributed by atoms with Crippen molar-refractivity contribution in [2.24, 2.45) is 4.99 Å². The minimum Gasteiger partial charge on any atom is -0.278 e. The average molecular weight is 305 g/mol. The number of aromatic amines is 1. The maximum atomic E-state index is 11.0. The fourth-order valence-electron chi connectivity index (χ4n) is 2.73. The summed E-state index contributed by atoms with van der Waals surface area (Å²) in [6.45, 7) is 0.374. The van der Waals surface area contributed by atoms with Crippen LogP contribution in [-0.2, 0) is 6.54 Å². The van der Waals surface area contributed by atoms with Gasteiger partial charge in [0.05, 0.1) is 17.2 Å². The number of rotatable bonds is 2. The Morgan fingerprint density at radius 1 is 1.04 bits per heavy atom. The van der Waals surface area contributed by atoms with Crippen LogP contribution in [0.15, 0.2) is 53.5 Å². The molecular weight excluding hydrogens is 294 g/mol. The van der Waals surface area contributed by atoms with E-state index in [1.807, 2.05) is 30.3 Å². The second kappa shape index (κ2) is 5.13. The average Bonchev–Trinajstić information content (AvgIpc) is 2.98. The van der Waals surface area contributed by atoms with E-state index in [1.54, 1.807) is 12.1 Å².